The number of sulfonamides is 1. The Morgan fingerprint density at radius 1 is 1.19 bits per heavy atom. The van der Waals surface area contributed by atoms with Crippen LogP contribution in [0.5, 0.6) is 0 Å². The molecule has 21 heavy (non-hydrogen) atoms. The molecule has 0 unspecified atom stereocenters. The van der Waals surface area contributed by atoms with Gasteiger partial charge in [0.15, 0.2) is 0 Å². The molecule has 0 heterocycles. The number of halogens is 1. The number of hydrogen-bond acceptors (Lipinski definition) is 3. The van der Waals surface area contributed by atoms with Gasteiger partial charge in [0.2, 0.25) is 15.9 Å². The van der Waals surface area contributed by atoms with E-state index in [0.717, 1.165) is 50.5 Å². The lowest BCUT2D eigenvalue weighted by atomic mass is 9.88. The number of amides is 1. The number of benzene rings is 1. The molecule has 7 heteroatoms. The lowest BCUT2D eigenvalue weighted by Gasteiger charge is -2.21. The number of hydrogen-bond donors (Lipinski definition) is 2. The maximum absolute atomic E-state index is 13.3. The van der Waals surface area contributed by atoms with E-state index in [2.05, 4.69) is 10.0 Å². The number of nitrogens with one attached hydrogen (secondary N) is 2. The van der Waals surface area contributed by atoms with Crippen molar-refractivity contribution in [3.05, 3.63) is 24.0 Å². The highest BCUT2D eigenvalue weighted by Crippen LogP contribution is 2.28. The van der Waals surface area contributed by atoms with Gasteiger partial charge in [-0.05, 0) is 31.0 Å². The van der Waals surface area contributed by atoms with Crippen LogP contribution in [-0.2, 0) is 14.8 Å². The van der Waals surface area contributed by atoms with Gasteiger partial charge in [0.1, 0.15) is 5.82 Å². The van der Waals surface area contributed by atoms with Crippen molar-refractivity contribution in [2.24, 2.45) is 5.92 Å². The van der Waals surface area contributed by atoms with Crippen LogP contribution >= 0.6 is 0 Å². The number of carbonyl (C=O) groups excluding carboxylic acids is 1. The summed E-state index contributed by atoms with van der Waals surface area (Å²) >= 11 is 0. The van der Waals surface area contributed by atoms with Crippen LogP contribution in [-0.4, -0.2) is 20.6 Å². The van der Waals surface area contributed by atoms with Crippen LogP contribution in [0.3, 0.4) is 0 Å². The van der Waals surface area contributed by atoms with E-state index in [0.29, 0.717) is 0 Å². The average molecular weight is 314 g/mol. The highest BCUT2D eigenvalue weighted by molar-refractivity contribution is 7.92. The average Bonchev–Trinajstić information content (AvgIpc) is 2.41. The van der Waals surface area contributed by atoms with Crippen molar-refractivity contribution in [2.45, 2.75) is 32.1 Å². The zero-order valence-electron chi connectivity index (χ0n) is 11.9. The van der Waals surface area contributed by atoms with E-state index in [1.54, 1.807) is 0 Å². The molecule has 1 saturated carbocycles. The Morgan fingerprint density at radius 2 is 1.86 bits per heavy atom. The normalized spacial score (nSPS) is 16.5. The van der Waals surface area contributed by atoms with Gasteiger partial charge in [0, 0.05) is 5.92 Å². The van der Waals surface area contributed by atoms with Crippen molar-refractivity contribution in [2.75, 3.05) is 16.3 Å². The fourth-order valence-electron chi connectivity index (χ4n) is 2.51. The molecule has 116 valence electrons. The molecule has 0 aromatic heterocycles. The highest BCUT2D eigenvalue weighted by atomic mass is 32.2. The summed E-state index contributed by atoms with van der Waals surface area (Å²) in [5, 5.41) is 2.64. The minimum Gasteiger partial charge on any atom is -0.324 e. The van der Waals surface area contributed by atoms with Crippen molar-refractivity contribution >= 4 is 27.3 Å². The molecule has 5 nitrogen and oxygen atoms in total. The van der Waals surface area contributed by atoms with Gasteiger partial charge in [-0.15, -0.1) is 0 Å². The zero-order valence-corrected chi connectivity index (χ0v) is 12.7. The molecule has 2 rings (SSSR count). The van der Waals surface area contributed by atoms with Crippen molar-refractivity contribution < 1.29 is 17.6 Å². The van der Waals surface area contributed by atoms with Crippen LogP contribution in [0.25, 0.3) is 0 Å². The van der Waals surface area contributed by atoms with E-state index < -0.39 is 15.8 Å². The third kappa shape index (κ3) is 4.70. The molecule has 1 aliphatic rings. The minimum atomic E-state index is -3.50. The van der Waals surface area contributed by atoms with E-state index in [-0.39, 0.29) is 23.2 Å². The molecule has 2 N–H and O–H groups in total. The number of carbonyl (C=O) groups is 1. The maximum Gasteiger partial charge on any atom is 0.229 e. The molecule has 0 bridgehead atoms. The SMILES string of the molecule is CS(=O)(=O)Nc1ccc(F)cc1NC(=O)C1CCCCC1. The van der Waals surface area contributed by atoms with Crippen molar-refractivity contribution in [1.29, 1.82) is 0 Å². The fourth-order valence-corrected chi connectivity index (χ4v) is 3.09. The smallest absolute Gasteiger partial charge is 0.229 e. The molecule has 1 amide bonds. The monoisotopic (exact) mass is 314 g/mol. The summed E-state index contributed by atoms with van der Waals surface area (Å²) in [6, 6.07) is 3.56. The largest absolute Gasteiger partial charge is 0.324 e. The standard InChI is InChI=1S/C14H19FN2O3S/c1-21(19,20)17-12-8-7-11(15)9-13(12)16-14(18)10-5-3-2-4-6-10/h7-10,17H,2-6H2,1H3,(H,16,18). The first-order chi connectivity index (χ1) is 9.85. The first-order valence-corrected chi connectivity index (χ1v) is 8.82. The number of rotatable bonds is 4. The summed E-state index contributed by atoms with van der Waals surface area (Å²) < 4.78 is 38.2. The second-order valence-electron chi connectivity index (χ2n) is 5.39. The summed E-state index contributed by atoms with van der Waals surface area (Å²) in [5.41, 5.74) is 0.319. The first kappa shape index (κ1) is 15.8. The molecule has 0 atom stereocenters. The summed E-state index contributed by atoms with van der Waals surface area (Å²) in [5.74, 6) is -0.807. The predicted octanol–water partition coefficient (Wildman–Crippen LogP) is 2.72. The Labute approximate surface area is 124 Å². The van der Waals surface area contributed by atoms with E-state index in [4.69, 9.17) is 0 Å². The second-order valence-corrected chi connectivity index (χ2v) is 7.14. The molecule has 0 spiro atoms. The molecule has 1 aromatic carbocycles. The summed E-state index contributed by atoms with van der Waals surface area (Å²) in [6.07, 6.45) is 5.78. The molecular weight excluding hydrogens is 295 g/mol. The van der Waals surface area contributed by atoms with Crippen molar-refractivity contribution in [3.63, 3.8) is 0 Å². The van der Waals surface area contributed by atoms with Crippen LogP contribution < -0.4 is 10.0 Å². The Bertz CT molecular complexity index is 625. The van der Waals surface area contributed by atoms with Gasteiger partial charge in [0.05, 0.1) is 17.6 Å². The predicted molar refractivity (Wildman–Crippen MR) is 80.1 cm³/mol. The van der Waals surface area contributed by atoms with E-state index in [1.807, 2.05) is 0 Å². The third-order valence-corrected chi connectivity index (χ3v) is 4.10. The van der Waals surface area contributed by atoms with Crippen molar-refractivity contribution in [1.82, 2.24) is 0 Å². The molecule has 0 radical (unpaired) electrons. The number of anilines is 2. The first-order valence-electron chi connectivity index (χ1n) is 6.93. The summed E-state index contributed by atoms with van der Waals surface area (Å²) in [7, 11) is -3.50. The van der Waals surface area contributed by atoms with Gasteiger partial charge in [-0.2, -0.15) is 0 Å². The Kier molecular flexibility index (Phi) is 4.82. The fraction of sp³-hybridized carbons (Fsp3) is 0.500. The highest BCUT2D eigenvalue weighted by Gasteiger charge is 2.22. The molecule has 0 aliphatic heterocycles. The Morgan fingerprint density at radius 3 is 2.48 bits per heavy atom. The summed E-state index contributed by atoms with van der Waals surface area (Å²) in [4.78, 5) is 12.2. The lowest BCUT2D eigenvalue weighted by Crippen LogP contribution is -2.25. The van der Waals surface area contributed by atoms with E-state index in [9.17, 15) is 17.6 Å². The van der Waals surface area contributed by atoms with Crippen molar-refractivity contribution in [3.8, 4) is 0 Å². The minimum absolute atomic E-state index is 0.0897. The second kappa shape index (κ2) is 6.43. The molecule has 1 aromatic rings. The van der Waals surface area contributed by atoms with E-state index >= 15 is 0 Å². The maximum atomic E-state index is 13.3. The van der Waals surface area contributed by atoms with Gasteiger partial charge < -0.3 is 5.32 Å². The quantitative estimate of drug-likeness (QED) is 0.897. The van der Waals surface area contributed by atoms with Crippen LogP contribution in [0.15, 0.2) is 18.2 Å². The molecular formula is C14H19FN2O3S. The molecule has 1 aliphatic carbocycles. The Balaban J connectivity index is 2.17. The van der Waals surface area contributed by atoms with Gasteiger partial charge in [-0.1, -0.05) is 19.3 Å². The molecule has 0 saturated heterocycles. The van der Waals surface area contributed by atoms with Gasteiger partial charge in [0.25, 0.3) is 0 Å². The van der Waals surface area contributed by atoms with Gasteiger partial charge in [-0.3, -0.25) is 9.52 Å². The van der Waals surface area contributed by atoms with Crippen LogP contribution in [0.1, 0.15) is 32.1 Å². The van der Waals surface area contributed by atoms with Crippen LogP contribution in [0.4, 0.5) is 15.8 Å². The Hall–Kier alpha value is -1.63. The van der Waals surface area contributed by atoms with Crippen LogP contribution in [0.2, 0.25) is 0 Å². The third-order valence-electron chi connectivity index (χ3n) is 3.51. The van der Waals surface area contributed by atoms with E-state index in [1.165, 1.54) is 6.07 Å². The van der Waals surface area contributed by atoms with Gasteiger partial charge >= 0.3 is 0 Å². The molecule has 1 fully saturated rings. The summed E-state index contributed by atoms with van der Waals surface area (Å²) in [6.45, 7) is 0. The zero-order chi connectivity index (χ0) is 15.5. The van der Waals surface area contributed by atoms with Gasteiger partial charge in [-0.25, -0.2) is 12.8 Å². The van der Waals surface area contributed by atoms with Crippen LogP contribution in [0, 0.1) is 11.7 Å². The topological polar surface area (TPSA) is 75.3 Å². The lowest BCUT2D eigenvalue weighted by molar-refractivity contribution is -0.120.